The van der Waals surface area contributed by atoms with Crippen molar-refractivity contribution >= 4 is 0 Å². The number of aliphatic hydroxyl groups excluding tert-OH is 7. The summed E-state index contributed by atoms with van der Waals surface area (Å²) in [5, 5.41) is 67.0. The second-order valence-corrected chi connectivity index (χ2v) is 6.18. The predicted molar refractivity (Wildman–Crippen MR) is 79.6 cm³/mol. The van der Waals surface area contributed by atoms with Gasteiger partial charge in [-0.1, -0.05) is 0 Å². The van der Waals surface area contributed by atoms with E-state index < -0.39 is 43.4 Å². The fourth-order valence-corrected chi connectivity index (χ4v) is 3.30. The van der Waals surface area contributed by atoms with E-state index in [1.807, 2.05) is 0 Å². The molecule has 0 saturated carbocycles. The Bertz CT molecular complexity index is 439. The largest absolute Gasteiger partial charge is 0.394 e. The molecule has 7 N–H and O–H groups in total. The van der Waals surface area contributed by atoms with Crippen LogP contribution in [0.25, 0.3) is 0 Å². The Balaban J connectivity index is 1.90. The second-order valence-electron chi connectivity index (χ2n) is 6.18. The van der Waals surface area contributed by atoms with E-state index in [4.69, 9.17) is 14.6 Å². The first-order valence-corrected chi connectivity index (χ1v) is 7.97. The van der Waals surface area contributed by atoms with Gasteiger partial charge in [0.1, 0.15) is 24.4 Å². The molecule has 9 heteroatoms. The molecule has 0 unspecified atom stereocenters. The van der Waals surface area contributed by atoms with Gasteiger partial charge in [0, 0.05) is 5.92 Å². The van der Waals surface area contributed by atoms with Crippen LogP contribution in [0.15, 0.2) is 11.1 Å². The molecule has 140 valence electrons. The summed E-state index contributed by atoms with van der Waals surface area (Å²) in [6.45, 7) is -0.981. The second kappa shape index (κ2) is 8.65. The van der Waals surface area contributed by atoms with Crippen LogP contribution in [0.4, 0.5) is 0 Å². The van der Waals surface area contributed by atoms with Gasteiger partial charge in [-0.3, -0.25) is 0 Å². The average Bonchev–Trinajstić information content (AvgIpc) is 2.90. The Morgan fingerprint density at radius 1 is 0.958 bits per heavy atom. The summed E-state index contributed by atoms with van der Waals surface area (Å²) in [7, 11) is 0. The maximum atomic E-state index is 10.0. The molecular formula is C15H26O9. The minimum atomic E-state index is -1.51. The highest BCUT2D eigenvalue weighted by atomic mass is 16.7. The summed E-state index contributed by atoms with van der Waals surface area (Å²) in [6.07, 6.45) is -6.82. The van der Waals surface area contributed by atoms with E-state index in [2.05, 4.69) is 0 Å². The summed E-state index contributed by atoms with van der Waals surface area (Å²) in [6, 6.07) is 0. The van der Waals surface area contributed by atoms with Crippen molar-refractivity contribution in [2.75, 3.05) is 26.4 Å². The highest BCUT2D eigenvalue weighted by Gasteiger charge is 2.44. The van der Waals surface area contributed by atoms with E-state index in [0.717, 1.165) is 0 Å². The van der Waals surface area contributed by atoms with E-state index in [1.165, 1.54) is 0 Å². The minimum absolute atomic E-state index is 0.0482. The fourth-order valence-electron chi connectivity index (χ4n) is 3.30. The van der Waals surface area contributed by atoms with E-state index in [1.54, 1.807) is 0 Å². The maximum absolute atomic E-state index is 10.0. The Hall–Kier alpha value is -0.620. The highest BCUT2D eigenvalue weighted by Crippen LogP contribution is 2.34. The predicted octanol–water partition coefficient (Wildman–Crippen LogP) is -3.14. The summed E-state index contributed by atoms with van der Waals surface area (Å²) < 4.78 is 10.6. The number of hydrogen-bond donors (Lipinski definition) is 7. The molecule has 24 heavy (non-hydrogen) atoms. The molecule has 1 aliphatic heterocycles. The van der Waals surface area contributed by atoms with Gasteiger partial charge in [0.25, 0.3) is 0 Å². The molecule has 1 aliphatic carbocycles. The van der Waals surface area contributed by atoms with E-state index in [-0.39, 0.29) is 32.2 Å². The third kappa shape index (κ3) is 3.96. The van der Waals surface area contributed by atoms with Crippen LogP contribution in [0.1, 0.15) is 12.8 Å². The van der Waals surface area contributed by atoms with E-state index in [9.17, 15) is 30.6 Å². The standard InChI is InChI=1S/C15H26O9/c16-4-7-3-10(19)8(9(7)5-17)1-2-23-15-14(22)13(21)12(20)11(6-18)24-15/h8,10-22H,1-6H2/t8-,10-,11-,12-,13+,14-,15-/m1/s1. The van der Waals surface area contributed by atoms with Gasteiger partial charge in [-0.25, -0.2) is 0 Å². The molecule has 9 nitrogen and oxygen atoms in total. The molecule has 1 fully saturated rings. The van der Waals surface area contributed by atoms with Crippen LogP contribution in [-0.2, 0) is 9.47 Å². The molecule has 0 aromatic heterocycles. The first kappa shape index (κ1) is 19.7. The molecule has 2 rings (SSSR count). The van der Waals surface area contributed by atoms with Gasteiger partial charge in [-0.15, -0.1) is 0 Å². The first-order valence-electron chi connectivity index (χ1n) is 7.97. The van der Waals surface area contributed by atoms with Crippen molar-refractivity contribution in [3.05, 3.63) is 11.1 Å². The number of aliphatic hydroxyl groups is 7. The normalized spacial score (nSPS) is 40.4. The lowest BCUT2D eigenvalue weighted by molar-refractivity contribution is -0.301. The Morgan fingerprint density at radius 3 is 2.25 bits per heavy atom. The van der Waals surface area contributed by atoms with Crippen LogP contribution in [0.2, 0.25) is 0 Å². The number of hydrogen-bond acceptors (Lipinski definition) is 9. The van der Waals surface area contributed by atoms with Crippen LogP contribution in [0.3, 0.4) is 0 Å². The van der Waals surface area contributed by atoms with E-state index in [0.29, 0.717) is 17.6 Å². The highest BCUT2D eigenvalue weighted by molar-refractivity contribution is 5.26. The molecule has 7 atom stereocenters. The zero-order valence-corrected chi connectivity index (χ0v) is 13.2. The lowest BCUT2D eigenvalue weighted by atomic mass is 9.96. The van der Waals surface area contributed by atoms with Crippen LogP contribution >= 0.6 is 0 Å². The molecule has 0 bridgehead atoms. The van der Waals surface area contributed by atoms with Gasteiger partial charge in [-0.05, 0) is 24.0 Å². The molecule has 0 amide bonds. The van der Waals surface area contributed by atoms with Crippen LogP contribution in [-0.4, -0.2) is 99.0 Å². The van der Waals surface area contributed by atoms with Crippen molar-refractivity contribution < 1.29 is 45.2 Å². The van der Waals surface area contributed by atoms with E-state index >= 15 is 0 Å². The lowest BCUT2D eigenvalue weighted by Gasteiger charge is -2.39. The topological polar surface area (TPSA) is 160 Å². The summed E-state index contributed by atoms with van der Waals surface area (Å²) in [5.41, 5.74) is 1.20. The van der Waals surface area contributed by atoms with Crippen molar-refractivity contribution in [2.24, 2.45) is 5.92 Å². The third-order valence-corrected chi connectivity index (χ3v) is 4.74. The zero-order chi connectivity index (χ0) is 17.9. The quantitative estimate of drug-likeness (QED) is 0.235. The first-order chi connectivity index (χ1) is 11.4. The average molecular weight is 350 g/mol. The van der Waals surface area contributed by atoms with Gasteiger partial charge < -0.3 is 45.2 Å². The van der Waals surface area contributed by atoms with Crippen molar-refractivity contribution in [3.8, 4) is 0 Å². The summed E-state index contributed by atoms with van der Waals surface area (Å²) in [5.74, 6) is -0.373. The number of rotatable bonds is 7. The van der Waals surface area contributed by atoms with Crippen molar-refractivity contribution in [2.45, 2.75) is 49.7 Å². The summed E-state index contributed by atoms with van der Waals surface area (Å²) >= 11 is 0. The zero-order valence-electron chi connectivity index (χ0n) is 13.2. The molecule has 0 radical (unpaired) electrons. The molecule has 0 aromatic carbocycles. The smallest absolute Gasteiger partial charge is 0.186 e. The van der Waals surface area contributed by atoms with Crippen LogP contribution in [0.5, 0.6) is 0 Å². The Labute approximate surface area is 139 Å². The summed E-state index contributed by atoms with van der Waals surface area (Å²) in [4.78, 5) is 0. The molecule has 1 heterocycles. The van der Waals surface area contributed by atoms with Gasteiger partial charge in [0.15, 0.2) is 6.29 Å². The van der Waals surface area contributed by atoms with Crippen LogP contribution < -0.4 is 0 Å². The molecule has 2 aliphatic rings. The van der Waals surface area contributed by atoms with Crippen molar-refractivity contribution in [1.29, 1.82) is 0 Å². The van der Waals surface area contributed by atoms with Gasteiger partial charge in [-0.2, -0.15) is 0 Å². The molecule has 0 spiro atoms. The Morgan fingerprint density at radius 2 is 1.67 bits per heavy atom. The SMILES string of the molecule is OCC1=C(CO)[C@@H](CCO[C@@H]2O[C@H](CO)[C@@H](O)[C@H](O)[C@H]2O)[C@H](O)C1. The van der Waals surface area contributed by atoms with Gasteiger partial charge >= 0.3 is 0 Å². The monoisotopic (exact) mass is 350 g/mol. The maximum Gasteiger partial charge on any atom is 0.186 e. The fraction of sp³-hybridized carbons (Fsp3) is 0.867. The minimum Gasteiger partial charge on any atom is -0.394 e. The molecule has 0 aromatic rings. The van der Waals surface area contributed by atoms with Gasteiger partial charge in [0.05, 0.1) is 32.5 Å². The van der Waals surface area contributed by atoms with Crippen molar-refractivity contribution in [1.82, 2.24) is 0 Å². The lowest BCUT2D eigenvalue weighted by Crippen LogP contribution is -2.59. The number of ether oxygens (including phenoxy) is 2. The van der Waals surface area contributed by atoms with Gasteiger partial charge in [0.2, 0.25) is 0 Å². The Kier molecular flexibility index (Phi) is 7.10. The third-order valence-electron chi connectivity index (χ3n) is 4.74. The molecular weight excluding hydrogens is 324 g/mol. The van der Waals surface area contributed by atoms with Crippen LogP contribution in [0, 0.1) is 5.92 Å². The molecule has 1 saturated heterocycles. The van der Waals surface area contributed by atoms with Crippen molar-refractivity contribution in [3.63, 3.8) is 0 Å².